The van der Waals surface area contributed by atoms with Crippen LogP contribution >= 0.6 is 0 Å². The number of carbonyl (C=O) groups excluding carboxylic acids is 1. The Balaban J connectivity index is 2.76. The van der Waals surface area contributed by atoms with Gasteiger partial charge in [0, 0.05) is 19.1 Å². The molecular weight excluding hydrogens is 200 g/mol. The highest BCUT2D eigenvalue weighted by molar-refractivity contribution is 5.82. The molecule has 1 aliphatic rings. The molecule has 0 bridgehead atoms. The third-order valence-corrected chi connectivity index (χ3v) is 3.44. The first-order valence-corrected chi connectivity index (χ1v) is 6.15. The lowest BCUT2D eigenvalue weighted by Gasteiger charge is -2.34. The maximum absolute atomic E-state index is 12.4. The highest BCUT2D eigenvalue weighted by Crippen LogP contribution is 2.27. The lowest BCUT2D eigenvalue weighted by molar-refractivity contribution is -0.141. The number of hydrogen-bond acceptors (Lipinski definition) is 2. The molecule has 92 valence electrons. The molecule has 0 aliphatic heterocycles. The second kappa shape index (κ2) is 5.48. The van der Waals surface area contributed by atoms with E-state index in [0.29, 0.717) is 19.1 Å². The Morgan fingerprint density at radius 2 is 2.06 bits per heavy atom. The fraction of sp³-hybridized carbons (Fsp3) is 0.769. The third-order valence-electron chi connectivity index (χ3n) is 3.44. The van der Waals surface area contributed by atoms with E-state index in [-0.39, 0.29) is 5.91 Å². The molecule has 1 amide bonds. The second-order valence-corrected chi connectivity index (χ2v) is 5.27. The molecule has 0 heterocycles. The number of rotatable bonds is 5. The van der Waals surface area contributed by atoms with Crippen LogP contribution in [0.2, 0.25) is 0 Å². The minimum absolute atomic E-state index is 0.168. The molecule has 0 unspecified atom stereocenters. The van der Waals surface area contributed by atoms with Crippen LogP contribution in [0.3, 0.4) is 0 Å². The lowest BCUT2D eigenvalue weighted by atomic mass is 9.91. The van der Waals surface area contributed by atoms with Crippen LogP contribution in [-0.4, -0.2) is 29.9 Å². The van der Waals surface area contributed by atoms with E-state index in [1.807, 2.05) is 24.8 Å². The van der Waals surface area contributed by atoms with Gasteiger partial charge >= 0.3 is 0 Å². The van der Waals surface area contributed by atoms with E-state index in [2.05, 4.69) is 6.58 Å². The third kappa shape index (κ3) is 2.85. The molecule has 0 aromatic rings. The average molecular weight is 224 g/mol. The van der Waals surface area contributed by atoms with E-state index < -0.39 is 5.41 Å². The molecule has 1 fully saturated rings. The monoisotopic (exact) mass is 224 g/mol. The molecule has 0 aromatic carbocycles. The van der Waals surface area contributed by atoms with Gasteiger partial charge in [-0.2, -0.15) is 0 Å². The number of nitrogens with zero attached hydrogens (tertiary/aromatic N) is 1. The molecule has 0 aromatic heterocycles. The first kappa shape index (κ1) is 13.2. The summed E-state index contributed by atoms with van der Waals surface area (Å²) in [6, 6.07) is 0.399. The first-order chi connectivity index (χ1) is 7.53. The molecule has 0 spiro atoms. The predicted octanol–water partition coefficient (Wildman–Crippen LogP) is 1.93. The Morgan fingerprint density at radius 3 is 2.50 bits per heavy atom. The minimum atomic E-state index is -0.453. The highest BCUT2D eigenvalue weighted by atomic mass is 16.2. The summed E-state index contributed by atoms with van der Waals surface area (Å²) in [6.07, 6.45) is 6.52. The van der Waals surface area contributed by atoms with Gasteiger partial charge in [0.25, 0.3) is 0 Å². The molecule has 0 radical (unpaired) electrons. The van der Waals surface area contributed by atoms with Crippen molar-refractivity contribution in [2.75, 3.05) is 13.1 Å². The van der Waals surface area contributed by atoms with Crippen LogP contribution in [0.5, 0.6) is 0 Å². The van der Waals surface area contributed by atoms with Gasteiger partial charge in [-0.1, -0.05) is 18.9 Å². The summed E-state index contributed by atoms with van der Waals surface area (Å²) in [5, 5.41) is 0. The number of nitrogens with two attached hydrogens (primary N) is 1. The van der Waals surface area contributed by atoms with Gasteiger partial charge in [0.2, 0.25) is 5.91 Å². The first-order valence-electron chi connectivity index (χ1n) is 6.15. The summed E-state index contributed by atoms with van der Waals surface area (Å²) in [7, 11) is 0. The molecule has 1 saturated carbocycles. The maximum Gasteiger partial charge on any atom is 0.230 e. The number of amides is 1. The van der Waals surface area contributed by atoms with Gasteiger partial charge in [-0.3, -0.25) is 4.79 Å². The van der Waals surface area contributed by atoms with Crippen LogP contribution in [0.1, 0.15) is 39.5 Å². The average Bonchev–Trinajstić information content (AvgIpc) is 2.78. The van der Waals surface area contributed by atoms with E-state index in [0.717, 1.165) is 12.8 Å². The zero-order chi connectivity index (χ0) is 12.2. The van der Waals surface area contributed by atoms with E-state index >= 15 is 0 Å². The van der Waals surface area contributed by atoms with E-state index in [4.69, 9.17) is 5.73 Å². The van der Waals surface area contributed by atoms with Crippen LogP contribution in [0, 0.1) is 5.41 Å². The topological polar surface area (TPSA) is 46.3 Å². The predicted molar refractivity (Wildman–Crippen MR) is 67.0 cm³/mol. The van der Waals surface area contributed by atoms with Crippen molar-refractivity contribution < 1.29 is 4.79 Å². The molecule has 3 nitrogen and oxygen atoms in total. The van der Waals surface area contributed by atoms with Gasteiger partial charge in [-0.25, -0.2) is 0 Å². The van der Waals surface area contributed by atoms with Crippen LogP contribution in [0.15, 0.2) is 12.7 Å². The van der Waals surface area contributed by atoms with Gasteiger partial charge < -0.3 is 10.6 Å². The molecular formula is C13H24N2O. The SMILES string of the molecule is C=CCN(C(=O)C(C)(C)CN)C1CCCC1. The molecule has 0 saturated heterocycles. The van der Waals surface area contributed by atoms with E-state index in [9.17, 15) is 4.79 Å². The molecule has 2 N–H and O–H groups in total. The van der Waals surface area contributed by atoms with Crippen LogP contribution in [-0.2, 0) is 4.79 Å². The molecule has 0 atom stereocenters. The zero-order valence-corrected chi connectivity index (χ0v) is 10.5. The van der Waals surface area contributed by atoms with E-state index in [1.165, 1.54) is 12.8 Å². The zero-order valence-electron chi connectivity index (χ0n) is 10.5. The van der Waals surface area contributed by atoms with Crippen molar-refractivity contribution in [3.05, 3.63) is 12.7 Å². The summed E-state index contributed by atoms with van der Waals surface area (Å²) in [5.41, 5.74) is 5.21. The lowest BCUT2D eigenvalue weighted by Crippen LogP contribution is -2.48. The fourth-order valence-corrected chi connectivity index (χ4v) is 2.23. The summed E-state index contributed by atoms with van der Waals surface area (Å²) < 4.78 is 0. The summed E-state index contributed by atoms with van der Waals surface area (Å²) in [5.74, 6) is 0.168. The largest absolute Gasteiger partial charge is 0.336 e. The standard InChI is InChI=1S/C13H24N2O/c1-4-9-15(11-7-5-6-8-11)12(16)13(2,3)10-14/h4,11H,1,5-10,14H2,2-3H3. The summed E-state index contributed by atoms with van der Waals surface area (Å²) in [4.78, 5) is 14.3. The Bertz CT molecular complexity index is 255. The Kier molecular flexibility index (Phi) is 4.54. The molecule has 1 rings (SSSR count). The van der Waals surface area contributed by atoms with Crippen LogP contribution < -0.4 is 5.73 Å². The summed E-state index contributed by atoms with van der Waals surface area (Å²) in [6.45, 7) is 8.61. The Hall–Kier alpha value is -0.830. The van der Waals surface area contributed by atoms with Gasteiger partial charge in [-0.15, -0.1) is 6.58 Å². The Labute approximate surface area is 98.7 Å². The molecule has 3 heteroatoms. The highest BCUT2D eigenvalue weighted by Gasteiger charge is 2.34. The van der Waals surface area contributed by atoms with Crippen molar-refractivity contribution in [2.45, 2.75) is 45.6 Å². The van der Waals surface area contributed by atoms with Crippen molar-refractivity contribution in [1.29, 1.82) is 0 Å². The van der Waals surface area contributed by atoms with E-state index in [1.54, 1.807) is 0 Å². The molecule has 1 aliphatic carbocycles. The van der Waals surface area contributed by atoms with Gasteiger partial charge in [0.15, 0.2) is 0 Å². The number of carbonyl (C=O) groups is 1. The van der Waals surface area contributed by atoms with Crippen molar-refractivity contribution in [3.8, 4) is 0 Å². The van der Waals surface area contributed by atoms with Gasteiger partial charge in [0.1, 0.15) is 0 Å². The quantitative estimate of drug-likeness (QED) is 0.725. The normalized spacial score (nSPS) is 17.4. The van der Waals surface area contributed by atoms with Crippen molar-refractivity contribution in [3.63, 3.8) is 0 Å². The van der Waals surface area contributed by atoms with Crippen molar-refractivity contribution >= 4 is 5.91 Å². The minimum Gasteiger partial charge on any atom is -0.336 e. The van der Waals surface area contributed by atoms with Gasteiger partial charge in [-0.05, 0) is 26.7 Å². The van der Waals surface area contributed by atoms with Crippen LogP contribution in [0.25, 0.3) is 0 Å². The fourth-order valence-electron chi connectivity index (χ4n) is 2.23. The van der Waals surface area contributed by atoms with Gasteiger partial charge in [0.05, 0.1) is 5.41 Å². The summed E-state index contributed by atoms with van der Waals surface area (Å²) >= 11 is 0. The Morgan fingerprint density at radius 1 is 1.50 bits per heavy atom. The van der Waals surface area contributed by atoms with Crippen LogP contribution in [0.4, 0.5) is 0 Å². The smallest absolute Gasteiger partial charge is 0.230 e. The maximum atomic E-state index is 12.4. The van der Waals surface area contributed by atoms with Crippen molar-refractivity contribution in [2.24, 2.45) is 11.1 Å². The second-order valence-electron chi connectivity index (χ2n) is 5.27. The molecule has 16 heavy (non-hydrogen) atoms. The van der Waals surface area contributed by atoms with Crippen molar-refractivity contribution in [1.82, 2.24) is 4.90 Å². The number of hydrogen-bond donors (Lipinski definition) is 1.